The van der Waals surface area contributed by atoms with Crippen molar-refractivity contribution in [2.75, 3.05) is 5.75 Å². The predicted molar refractivity (Wildman–Crippen MR) is 63.9 cm³/mol. The molecule has 2 heterocycles. The molecule has 0 aliphatic rings. The molecule has 2 N–H and O–H groups in total. The summed E-state index contributed by atoms with van der Waals surface area (Å²) in [7, 11) is 1.85. The Morgan fingerprint density at radius 1 is 1.65 bits per heavy atom. The van der Waals surface area contributed by atoms with E-state index in [1.54, 1.807) is 10.9 Å². The highest BCUT2D eigenvalue weighted by molar-refractivity contribution is 7.99. The minimum Gasteiger partial charge on any atom is -0.481 e. The SMILES string of the molecule is Cc1nn(C)cc1-c1cnc(SCC(=O)O)[nH]1. The van der Waals surface area contributed by atoms with Gasteiger partial charge in [-0.25, -0.2) is 4.98 Å². The lowest BCUT2D eigenvalue weighted by Crippen LogP contribution is -1.97. The second kappa shape index (κ2) is 4.62. The molecular formula is C10H12N4O2S. The van der Waals surface area contributed by atoms with E-state index in [0.29, 0.717) is 5.16 Å². The molecule has 0 aliphatic carbocycles. The highest BCUT2D eigenvalue weighted by Crippen LogP contribution is 2.23. The summed E-state index contributed by atoms with van der Waals surface area (Å²) < 4.78 is 1.73. The number of carboxylic acids is 1. The van der Waals surface area contributed by atoms with Gasteiger partial charge in [0.25, 0.3) is 0 Å². The molecule has 0 aromatic carbocycles. The van der Waals surface area contributed by atoms with Crippen LogP contribution >= 0.6 is 11.8 Å². The molecule has 90 valence electrons. The third-order valence-electron chi connectivity index (χ3n) is 2.19. The minimum absolute atomic E-state index is 0.00102. The summed E-state index contributed by atoms with van der Waals surface area (Å²) in [5.74, 6) is -0.857. The number of H-pyrrole nitrogens is 1. The van der Waals surface area contributed by atoms with Crippen LogP contribution in [-0.4, -0.2) is 36.6 Å². The van der Waals surface area contributed by atoms with Gasteiger partial charge < -0.3 is 10.1 Å². The summed E-state index contributed by atoms with van der Waals surface area (Å²) in [6.07, 6.45) is 3.59. The normalized spacial score (nSPS) is 10.7. The number of imidazole rings is 1. The van der Waals surface area contributed by atoms with Crippen LogP contribution in [0.25, 0.3) is 11.3 Å². The largest absolute Gasteiger partial charge is 0.481 e. The highest BCUT2D eigenvalue weighted by atomic mass is 32.2. The number of hydrogen-bond acceptors (Lipinski definition) is 4. The number of aliphatic carboxylic acids is 1. The van der Waals surface area contributed by atoms with Gasteiger partial charge in [0.1, 0.15) is 0 Å². The van der Waals surface area contributed by atoms with E-state index in [-0.39, 0.29) is 5.75 Å². The Hall–Kier alpha value is -1.76. The number of carboxylic acid groups (broad SMARTS) is 1. The van der Waals surface area contributed by atoms with E-state index >= 15 is 0 Å². The van der Waals surface area contributed by atoms with Crippen LogP contribution < -0.4 is 0 Å². The third-order valence-corrected chi connectivity index (χ3v) is 3.06. The smallest absolute Gasteiger partial charge is 0.313 e. The molecule has 0 spiro atoms. The number of aromatic nitrogens is 4. The molecule has 17 heavy (non-hydrogen) atoms. The summed E-state index contributed by atoms with van der Waals surface area (Å²) in [6, 6.07) is 0. The molecule has 2 aromatic heterocycles. The van der Waals surface area contributed by atoms with E-state index in [1.807, 2.05) is 20.2 Å². The summed E-state index contributed by atoms with van der Waals surface area (Å²) in [6.45, 7) is 1.92. The van der Waals surface area contributed by atoms with Crippen LogP contribution in [0, 0.1) is 6.92 Å². The zero-order valence-electron chi connectivity index (χ0n) is 9.47. The zero-order chi connectivity index (χ0) is 12.4. The number of nitrogens with zero attached hydrogens (tertiary/aromatic N) is 3. The Labute approximate surface area is 102 Å². The summed E-state index contributed by atoms with van der Waals surface area (Å²) >= 11 is 1.16. The first kappa shape index (κ1) is 11.7. The molecule has 6 nitrogen and oxygen atoms in total. The van der Waals surface area contributed by atoms with Crippen molar-refractivity contribution in [2.45, 2.75) is 12.1 Å². The van der Waals surface area contributed by atoms with Crippen molar-refractivity contribution in [3.8, 4) is 11.3 Å². The fraction of sp³-hybridized carbons (Fsp3) is 0.300. The van der Waals surface area contributed by atoms with Crippen molar-refractivity contribution >= 4 is 17.7 Å². The molecule has 0 saturated carbocycles. The summed E-state index contributed by atoms with van der Waals surface area (Å²) in [5, 5.41) is 13.4. The molecule has 0 fully saturated rings. The number of carbonyl (C=O) groups is 1. The molecule has 2 aromatic rings. The topological polar surface area (TPSA) is 83.8 Å². The zero-order valence-corrected chi connectivity index (χ0v) is 10.3. The van der Waals surface area contributed by atoms with Crippen molar-refractivity contribution in [1.29, 1.82) is 0 Å². The number of nitrogens with one attached hydrogen (secondary N) is 1. The fourth-order valence-electron chi connectivity index (χ4n) is 1.51. The lowest BCUT2D eigenvalue weighted by molar-refractivity contribution is -0.133. The molecular weight excluding hydrogens is 240 g/mol. The van der Waals surface area contributed by atoms with Crippen molar-refractivity contribution in [1.82, 2.24) is 19.7 Å². The number of aryl methyl sites for hydroxylation is 2. The number of thioether (sulfide) groups is 1. The molecule has 2 rings (SSSR count). The first-order valence-corrected chi connectivity index (χ1v) is 5.95. The second-order valence-electron chi connectivity index (χ2n) is 3.59. The van der Waals surface area contributed by atoms with Crippen LogP contribution in [0.1, 0.15) is 5.69 Å². The third kappa shape index (κ3) is 2.68. The van der Waals surface area contributed by atoms with E-state index in [0.717, 1.165) is 28.7 Å². The Morgan fingerprint density at radius 3 is 3.00 bits per heavy atom. The summed E-state index contributed by atoms with van der Waals surface area (Å²) in [5.41, 5.74) is 2.73. The minimum atomic E-state index is -0.856. The Balaban J connectivity index is 2.18. The average molecular weight is 252 g/mol. The van der Waals surface area contributed by atoms with E-state index < -0.39 is 5.97 Å². The molecule has 0 aliphatic heterocycles. The molecule has 0 amide bonds. The lowest BCUT2D eigenvalue weighted by Gasteiger charge is -1.93. The fourth-order valence-corrected chi connectivity index (χ4v) is 2.08. The van der Waals surface area contributed by atoms with Crippen LogP contribution in [0.3, 0.4) is 0 Å². The molecule has 0 saturated heterocycles. The van der Waals surface area contributed by atoms with Gasteiger partial charge in [0.15, 0.2) is 5.16 Å². The monoisotopic (exact) mass is 252 g/mol. The van der Waals surface area contributed by atoms with Gasteiger partial charge in [0.2, 0.25) is 0 Å². The molecule has 0 atom stereocenters. The van der Waals surface area contributed by atoms with Crippen LogP contribution in [-0.2, 0) is 11.8 Å². The first-order valence-electron chi connectivity index (χ1n) is 4.96. The Morgan fingerprint density at radius 2 is 2.41 bits per heavy atom. The molecule has 0 unspecified atom stereocenters. The van der Waals surface area contributed by atoms with E-state index in [9.17, 15) is 4.79 Å². The average Bonchev–Trinajstić information content (AvgIpc) is 2.82. The highest BCUT2D eigenvalue weighted by Gasteiger charge is 2.10. The van der Waals surface area contributed by atoms with Gasteiger partial charge in [-0.2, -0.15) is 5.10 Å². The van der Waals surface area contributed by atoms with Gasteiger partial charge >= 0.3 is 5.97 Å². The van der Waals surface area contributed by atoms with Gasteiger partial charge in [-0.3, -0.25) is 9.48 Å². The van der Waals surface area contributed by atoms with Crippen molar-refractivity contribution in [3.05, 3.63) is 18.1 Å². The van der Waals surface area contributed by atoms with E-state index in [4.69, 9.17) is 5.11 Å². The maximum absolute atomic E-state index is 10.4. The van der Waals surface area contributed by atoms with Gasteiger partial charge in [-0.05, 0) is 6.92 Å². The summed E-state index contributed by atoms with van der Waals surface area (Å²) in [4.78, 5) is 17.6. The van der Waals surface area contributed by atoms with Crippen molar-refractivity contribution in [3.63, 3.8) is 0 Å². The van der Waals surface area contributed by atoms with Crippen LogP contribution in [0.2, 0.25) is 0 Å². The second-order valence-corrected chi connectivity index (χ2v) is 4.55. The standard InChI is InChI=1S/C10H12N4O2S/c1-6-7(4-14(2)13-6)8-3-11-10(12-8)17-5-9(15)16/h3-4H,5H2,1-2H3,(H,11,12)(H,15,16). The van der Waals surface area contributed by atoms with Crippen LogP contribution in [0.5, 0.6) is 0 Å². The maximum atomic E-state index is 10.4. The van der Waals surface area contributed by atoms with Gasteiger partial charge in [0.05, 0.1) is 23.3 Å². The number of rotatable bonds is 4. The predicted octanol–water partition coefficient (Wildman–Crippen LogP) is 1.30. The van der Waals surface area contributed by atoms with E-state index in [2.05, 4.69) is 15.1 Å². The number of hydrogen-bond donors (Lipinski definition) is 2. The molecule has 0 bridgehead atoms. The van der Waals surface area contributed by atoms with Gasteiger partial charge in [0, 0.05) is 18.8 Å². The molecule has 0 radical (unpaired) electrons. The van der Waals surface area contributed by atoms with Gasteiger partial charge in [-0.15, -0.1) is 0 Å². The van der Waals surface area contributed by atoms with Crippen molar-refractivity contribution in [2.24, 2.45) is 7.05 Å². The van der Waals surface area contributed by atoms with E-state index in [1.165, 1.54) is 0 Å². The van der Waals surface area contributed by atoms with Crippen molar-refractivity contribution < 1.29 is 9.90 Å². The quantitative estimate of drug-likeness (QED) is 0.801. The van der Waals surface area contributed by atoms with Crippen LogP contribution in [0.4, 0.5) is 0 Å². The maximum Gasteiger partial charge on any atom is 0.313 e. The van der Waals surface area contributed by atoms with Gasteiger partial charge in [-0.1, -0.05) is 11.8 Å². The van der Waals surface area contributed by atoms with Crippen LogP contribution in [0.15, 0.2) is 17.6 Å². The Kier molecular flexibility index (Phi) is 3.19. The lowest BCUT2D eigenvalue weighted by atomic mass is 10.2. The first-order chi connectivity index (χ1) is 8.06. The molecule has 7 heteroatoms. The Bertz CT molecular complexity index is 546. The number of aromatic amines is 1.